The van der Waals surface area contributed by atoms with Crippen molar-refractivity contribution in [2.24, 2.45) is 0 Å². The lowest BCUT2D eigenvalue weighted by Gasteiger charge is -2.13. The Morgan fingerprint density at radius 1 is 0.396 bits per heavy atom. The summed E-state index contributed by atoms with van der Waals surface area (Å²) in [4.78, 5) is 20.3. The molecule has 11 rings (SSSR count). The van der Waals surface area contributed by atoms with Crippen LogP contribution < -0.4 is 0 Å². The number of para-hydroxylation sites is 5. The van der Waals surface area contributed by atoms with Crippen molar-refractivity contribution < 1.29 is 4.42 Å². The summed E-state index contributed by atoms with van der Waals surface area (Å²) in [5, 5.41) is 4.52. The highest BCUT2D eigenvalue weighted by Crippen LogP contribution is 2.41. The summed E-state index contributed by atoms with van der Waals surface area (Å²) in [6.45, 7) is 0. The van der Waals surface area contributed by atoms with Gasteiger partial charge in [-0.2, -0.15) is 9.97 Å². The van der Waals surface area contributed by atoms with Crippen molar-refractivity contribution in [1.82, 2.24) is 29.1 Å². The number of oxazole rings is 1. The molecular weight excluding hydrogens is 653 g/mol. The molecule has 7 aromatic carbocycles. The quantitative estimate of drug-likeness (QED) is 0.181. The van der Waals surface area contributed by atoms with Gasteiger partial charge in [-0.1, -0.05) is 127 Å². The second-order valence-corrected chi connectivity index (χ2v) is 13.1. The molecule has 0 fully saturated rings. The largest absolute Gasteiger partial charge is 0.434 e. The monoisotopic (exact) mass is 680 g/mol. The van der Waals surface area contributed by atoms with E-state index in [0.717, 1.165) is 66.1 Å². The van der Waals surface area contributed by atoms with Gasteiger partial charge >= 0.3 is 0 Å². The minimum Gasteiger partial charge on any atom is -0.434 e. The van der Waals surface area contributed by atoms with Crippen molar-refractivity contribution >= 4 is 54.7 Å². The van der Waals surface area contributed by atoms with Gasteiger partial charge < -0.3 is 8.98 Å². The Labute approximate surface area is 303 Å². The average Bonchev–Trinajstić information content (AvgIpc) is 3.92. The fourth-order valence-electron chi connectivity index (χ4n) is 7.68. The highest BCUT2D eigenvalue weighted by molar-refractivity contribution is 6.23. The van der Waals surface area contributed by atoms with E-state index < -0.39 is 0 Å². The maximum Gasteiger partial charge on any atom is 0.266 e. The van der Waals surface area contributed by atoms with Crippen LogP contribution in [0.2, 0.25) is 0 Å². The fourth-order valence-corrected chi connectivity index (χ4v) is 7.68. The Balaban J connectivity index is 1.26. The van der Waals surface area contributed by atoms with Crippen molar-refractivity contribution in [2.45, 2.75) is 0 Å². The Hall–Kier alpha value is -7.38. The normalized spacial score (nSPS) is 11.8. The van der Waals surface area contributed by atoms with Crippen LogP contribution in [0.5, 0.6) is 0 Å². The number of rotatable bonds is 5. The van der Waals surface area contributed by atoms with Gasteiger partial charge in [-0.25, -0.2) is 9.97 Å². The molecule has 0 amide bonds. The molecule has 0 atom stereocenters. The molecule has 11 aromatic rings. The molecule has 0 aliphatic carbocycles. The smallest absolute Gasteiger partial charge is 0.266 e. The van der Waals surface area contributed by atoms with Gasteiger partial charge in [-0.3, -0.25) is 4.57 Å². The van der Waals surface area contributed by atoms with Gasteiger partial charge in [-0.15, -0.1) is 0 Å². The van der Waals surface area contributed by atoms with E-state index in [1.807, 2.05) is 54.6 Å². The van der Waals surface area contributed by atoms with Crippen LogP contribution in [-0.4, -0.2) is 29.1 Å². The minimum absolute atomic E-state index is 0.333. The van der Waals surface area contributed by atoms with Crippen molar-refractivity contribution in [3.05, 3.63) is 170 Å². The fraction of sp³-hybridized carbons (Fsp3) is 0. The third-order valence-electron chi connectivity index (χ3n) is 10.0. The van der Waals surface area contributed by atoms with Gasteiger partial charge in [0.15, 0.2) is 11.4 Å². The average molecular weight is 681 g/mol. The van der Waals surface area contributed by atoms with Crippen LogP contribution >= 0.6 is 0 Å². The van der Waals surface area contributed by atoms with Gasteiger partial charge in [0.25, 0.3) is 5.89 Å². The van der Waals surface area contributed by atoms with Crippen LogP contribution in [0, 0.1) is 0 Å². The topological polar surface area (TPSA) is 74.6 Å². The molecule has 0 saturated carbocycles. The van der Waals surface area contributed by atoms with E-state index >= 15 is 0 Å². The van der Waals surface area contributed by atoms with E-state index in [9.17, 15) is 0 Å². The summed E-state index contributed by atoms with van der Waals surface area (Å²) < 4.78 is 10.8. The summed E-state index contributed by atoms with van der Waals surface area (Å²) >= 11 is 0. The number of hydrogen-bond donors (Lipinski definition) is 0. The van der Waals surface area contributed by atoms with Crippen LogP contribution in [0.3, 0.4) is 0 Å². The molecule has 0 N–H and O–H groups in total. The summed E-state index contributed by atoms with van der Waals surface area (Å²) in [6.07, 6.45) is 0. The molecule has 0 saturated heterocycles. The molecule has 0 aliphatic heterocycles. The third-order valence-corrected chi connectivity index (χ3v) is 10.0. The van der Waals surface area contributed by atoms with Crippen LogP contribution in [-0.2, 0) is 0 Å². The molecule has 0 radical (unpaired) electrons. The van der Waals surface area contributed by atoms with Crippen LogP contribution in [0.1, 0.15) is 0 Å². The molecule has 248 valence electrons. The predicted molar refractivity (Wildman–Crippen MR) is 212 cm³/mol. The summed E-state index contributed by atoms with van der Waals surface area (Å²) in [5.41, 5.74) is 9.70. The lowest BCUT2D eigenvalue weighted by molar-refractivity contribution is 0.612. The lowest BCUT2D eigenvalue weighted by Crippen LogP contribution is -2.07. The van der Waals surface area contributed by atoms with Gasteiger partial charge in [0.2, 0.25) is 11.8 Å². The second kappa shape index (κ2) is 11.6. The van der Waals surface area contributed by atoms with Crippen molar-refractivity contribution in [3.63, 3.8) is 0 Å². The van der Waals surface area contributed by atoms with Gasteiger partial charge in [0, 0.05) is 32.8 Å². The third kappa shape index (κ3) is 4.61. The number of nitrogens with zero attached hydrogens (tertiary/aromatic N) is 6. The predicted octanol–water partition coefficient (Wildman–Crippen LogP) is 11.2. The van der Waals surface area contributed by atoms with E-state index in [1.165, 1.54) is 5.39 Å². The number of hydrogen-bond acceptors (Lipinski definition) is 5. The standard InChI is InChI=1S/C46H28N6O/c1-3-14-29(15-4-1)30-16-13-17-31(28-30)43-48-44(45-47-37-22-9-12-25-40(37)53-45)50-46(49-43)52-39-24-11-8-21-34(39)36-27-26-35-33-20-7-10-23-38(33)51(41(35)42(36)52)32-18-5-2-6-19-32/h1-28H. The molecule has 7 nitrogen and oxygen atoms in total. The first-order valence-corrected chi connectivity index (χ1v) is 17.6. The van der Waals surface area contributed by atoms with E-state index in [1.54, 1.807) is 0 Å². The Morgan fingerprint density at radius 3 is 1.74 bits per heavy atom. The van der Waals surface area contributed by atoms with Gasteiger partial charge in [0.05, 0.1) is 22.1 Å². The van der Waals surface area contributed by atoms with Crippen LogP contribution in [0.25, 0.3) is 101 Å². The first kappa shape index (κ1) is 29.4. The molecule has 53 heavy (non-hydrogen) atoms. The summed E-state index contributed by atoms with van der Waals surface area (Å²) in [6, 6.07) is 58.4. The molecule has 0 spiro atoms. The maximum absolute atomic E-state index is 6.30. The number of benzene rings is 7. The second-order valence-electron chi connectivity index (χ2n) is 13.1. The zero-order valence-corrected chi connectivity index (χ0v) is 28.3. The van der Waals surface area contributed by atoms with Gasteiger partial charge in [0.1, 0.15) is 5.52 Å². The van der Waals surface area contributed by atoms with E-state index in [4.69, 9.17) is 24.4 Å². The molecule has 4 aromatic heterocycles. The van der Waals surface area contributed by atoms with Gasteiger partial charge in [-0.05, 0) is 53.6 Å². The molecule has 0 bridgehead atoms. The van der Waals surface area contributed by atoms with Crippen LogP contribution in [0.15, 0.2) is 174 Å². The minimum atomic E-state index is 0.333. The molecule has 7 heteroatoms. The first-order valence-electron chi connectivity index (χ1n) is 17.6. The lowest BCUT2D eigenvalue weighted by atomic mass is 10.0. The maximum atomic E-state index is 6.30. The molecule has 0 unspecified atom stereocenters. The highest BCUT2D eigenvalue weighted by Gasteiger charge is 2.24. The zero-order chi connectivity index (χ0) is 34.9. The summed E-state index contributed by atoms with van der Waals surface area (Å²) in [5.74, 6) is 1.68. The molecular formula is C46H28N6O. The molecule has 0 aliphatic rings. The van der Waals surface area contributed by atoms with Crippen molar-refractivity contribution in [3.8, 4) is 45.9 Å². The first-order chi connectivity index (χ1) is 26.3. The number of fused-ring (bicyclic) bond motifs is 8. The van der Waals surface area contributed by atoms with Crippen molar-refractivity contribution in [1.29, 1.82) is 0 Å². The van der Waals surface area contributed by atoms with Crippen LogP contribution in [0.4, 0.5) is 0 Å². The SMILES string of the molecule is c1ccc(-c2cccc(-c3nc(-c4nc5ccccc5o4)nc(-n4c5ccccc5c5ccc6c7ccccc7n(-c7ccccc7)c6c54)n3)c2)cc1. The van der Waals surface area contributed by atoms with E-state index in [0.29, 0.717) is 29.1 Å². The van der Waals surface area contributed by atoms with E-state index in [2.05, 4.69) is 124 Å². The molecule has 4 heterocycles. The number of aromatic nitrogens is 6. The Morgan fingerprint density at radius 2 is 0.981 bits per heavy atom. The Bertz CT molecular complexity index is 3140. The van der Waals surface area contributed by atoms with Crippen molar-refractivity contribution in [2.75, 3.05) is 0 Å². The zero-order valence-electron chi connectivity index (χ0n) is 28.3. The highest BCUT2D eigenvalue weighted by atomic mass is 16.3. The summed E-state index contributed by atoms with van der Waals surface area (Å²) in [7, 11) is 0. The van der Waals surface area contributed by atoms with E-state index in [-0.39, 0.29) is 0 Å². The Kier molecular flexibility index (Phi) is 6.42.